The summed E-state index contributed by atoms with van der Waals surface area (Å²) in [6.07, 6.45) is 4.54. The second kappa shape index (κ2) is 21.6. The van der Waals surface area contributed by atoms with Crippen LogP contribution >= 0.6 is 0 Å². The lowest BCUT2D eigenvalue weighted by Crippen LogP contribution is -2.67. The first kappa shape index (κ1) is 49.4. The van der Waals surface area contributed by atoms with Crippen LogP contribution in [0.15, 0.2) is 98.2 Å². The van der Waals surface area contributed by atoms with E-state index in [2.05, 4.69) is 116 Å². The number of unbranched alkanes of at least 4 members (excludes halogenated alkanes) is 1. The average molecular weight is 856 g/mol. The van der Waals surface area contributed by atoms with Crippen LogP contribution in [-0.4, -0.2) is 87.1 Å². The molecule has 0 amide bonds. The van der Waals surface area contributed by atoms with Gasteiger partial charge in [-0.05, 0) is 89.3 Å². The van der Waals surface area contributed by atoms with Crippen LogP contribution in [0, 0.1) is 0 Å². The van der Waals surface area contributed by atoms with Crippen LogP contribution in [0.4, 0.5) is 0 Å². The van der Waals surface area contributed by atoms with Gasteiger partial charge in [0.1, 0.15) is 0 Å². The summed E-state index contributed by atoms with van der Waals surface area (Å²) in [5.41, 5.74) is 15.8. The summed E-state index contributed by atoms with van der Waals surface area (Å²) >= 11 is 0. The Balaban J connectivity index is 3.46. The molecular formula is C37H74O7Si8. The SMILES string of the molecule is C=C[Si](C)(C=C)CCCC[Si]1(C)O[Si](C)(CCCO[Si](C)(C=C)C=C)O[Si](C)(CCCO[Si](C)(C=C)C=C)O[Si](C)(CCCO[Si](C)(C=C)C=C)O1. The van der Waals surface area contributed by atoms with Crippen molar-refractivity contribution < 1.29 is 29.7 Å². The van der Waals surface area contributed by atoms with Crippen LogP contribution in [0.25, 0.3) is 0 Å². The summed E-state index contributed by atoms with van der Waals surface area (Å²) in [4.78, 5) is 0. The largest absolute Gasteiger partial charge is 0.416 e. The maximum Gasteiger partial charge on any atom is 0.317 e. The summed E-state index contributed by atoms with van der Waals surface area (Å²) in [6, 6.07) is 4.34. The van der Waals surface area contributed by atoms with Gasteiger partial charge in [-0.25, -0.2) is 0 Å². The molecule has 7 nitrogen and oxygen atoms in total. The predicted molar refractivity (Wildman–Crippen MR) is 244 cm³/mol. The number of rotatable bonds is 28. The van der Waals surface area contributed by atoms with E-state index >= 15 is 0 Å². The highest BCUT2D eigenvalue weighted by Gasteiger charge is 2.56. The average Bonchev–Trinajstić information content (AvgIpc) is 3.11. The Hall–Kier alpha value is -0.625. The molecule has 15 heteroatoms. The fourth-order valence-electron chi connectivity index (χ4n) is 6.22. The number of hydrogen-bond acceptors (Lipinski definition) is 7. The highest BCUT2D eigenvalue weighted by molar-refractivity contribution is 6.94. The van der Waals surface area contributed by atoms with E-state index in [0.717, 1.165) is 62.3 Å². The second-order valence-electron chi connectivity index (χ2n) is 15.7. The van der Waals surface area contributed by atoms with Gasteiger partial charge in [0, 0.05) is 19.8 Å². The van der Waals surface area contributed by atoms with Crippen molar-refractivity contribution in [2.75, 3.05) is 19.8 Å². The molecule has 1 aliphatic heterocycles. The van der Waals surface area contributed by atoms with E-state index in [1.54, 1.807) is 0 Å². The van der Waals surface area contributed by atoms with Crippen molar-refractivity contribution in [2.45, 2.75) is 115 Å². The summed E-state index contributed by atoms with van der Waals surface area (Å²) < 4.78 is 48.7. The Labute approximate surface area is 328 Å². The van der Waals surface area contributed by atoms with Gasteiger partial charge in [-0.1, -0.05) is 71.0 Å². The molecule has 0 saturated carbocycles. The highest BCUT2D eigenvalue weighted by atomic mass is 28.5. The first-order valence-corrected chi connectivity index (χ1v) is 39.6. The van der Waals surface area contributed by atoms with Crippen LogP contribution in [0.3, 0.4) is 0 Å². The highest BCUT2D eigenvalue weighted by Crippen LogP contribution is 2.39. The topological polar surface area (TPSA) is 64.6 Å². The van der Waals surface area contributed by atoms with E-state index in [1.165, 1.54) is 0 Å². The molecule has 1 fully saturated rings. The minimum atomic E-state index is -2.83. The van der Waals surface area contributed by atoms with Crippen LogP contribution in [0.1, 0.15) is 32.1 Å². The van der Waals surface area contributed by atoms with Gasteiger partial charge in [-0.2, -0.15) is 0 Å². The third-order valence-electron chi connectivity index (χ3n) is 10.3. The number of hydrogen-bond donors (Lipinski definition) is 0. The minimum Gasteiger partial charge on any atom is -0.416 e. The molecule has 2 unspecified atom stereocenters. The third kappa shape index (κ3) is 16.6. The van der Waals surface area contributed by atoms with E-state index in [1.807, 2.05) is 34.2 Å². The van der Waals surface area contributed by atoms with Gasteiger partial charge >= 0.3 is 34.2 Å². The normalized spacial score (nSPS) is 26.0. The molecule has 1 rings (SSSR count). The van der Waals surface area contributed by atoms with Gasteiger partial charge in [0.15, 0.2) is 0 Å². The molecule has 0 spiro atoms. The molecule has 0 aromatic carbocycles. The Morgan fingerprint density at radius 3 is 0.885 bits per heavy atom. The molecule has 0 aromatic rings. The summed E-state index contributed by atoms with van der Waals surface area (Å²) in [5, 5.41) is 0. The molecular weight excluding hydrogens is 781 g/mol. The lowest BCUT2D eigenvalue weighted by Gasteiger charge is -2.50. The van der Waals surface area contributed by atoms with Crippen molar-refractivity contribution in [2.24, 2.45) is 0 Å². The van der Waals surface area contributed by atoms with Crippen molar-refractivity contribution in [3.05, 3.63) is 98.2 Å². The molecule has 0 N–H and O–H groups in total. The fraction of sp³-hybridized carbons (Fsp3) is 0.568. The smallest absolute Gasteiger partial charge is 0.317 e. The van der Waals surface area contributed by atoms with E-state index in [9.17, 15) is 0 Å². The van der Waals surface area contributed by atoms with Crippen molar-refractivity contribution in [1.29, 1.82) is 0 Å². The van der Waals surface area contributed by atoms with Crippen LogP contribution in [-0.2, 0) is 29.7 Å². The summed E-state index contributed by atoms with van der Waals surface area (Å²) in [6.45, 7) is 51.5. The molecule has 2 atom stereocenters. The van der Waals surface area contributed by atoms with E-state index in [4.69, 9.17) is 29.7 Å². The molecule has 0 aromatic heterocycles. The van der Waals surface area contributed by atoms with Gasteiger partial charge in [0.05, 0.1) is 8.07 Å². The second-order valence-corrected chi connectivity index (χ2v) is 44.8. The van der Waals surface area contributed by atoms with Crippen LogP contribution in [0.5, 0.6) is 0 Å². The molecule has 1 saturated heterocycles. The van der Waals surface area contributed by atoms with Crippen molar-refractivity contribution >= 4 is 67.3 Å². The van der Waals surface area contributed by atoms with Gasteiger partial charge < -0.3 is 29.7 Å². The quantitative estimate of drug-likeness (QED) is 0.0574. The zero-order valence-corrected chi connectivity index (χ0v) is 42.3. The first-order valence-electron chi connectivity index (χ1n) is 19.0. The lowest BCUT2D eigenvalue weighted by molar-refractivity contribution is 0.212. The van der Waals surface area contributed by atoms with Crippen molar-refractivity contribution in [3.8, 4) is 0 Å². The molecule has 0 radical (unpaired) electrons. The minimum absolute atomic E-state index is 0.596. The fourth-order valence-corrected chi connectivity index (χ4v) is 34.1. The standard InChI is InChI=1S/C37H74O7Si8/c1-17-45(9,18-2)33-25-26-34-49(13)41-50(14,35-27-30-38-46(10,19-3)20-4)43-52(16,37-29-32-40-48(12,23-7)24-8)44-51(15,42-49)36-28-31-39-47(11,21-5)22-6/h17-24H,1-8,25-37H2,9-16H3. The Morgan fingerprint density at radius 2 is 0.654 bits per heavy atom. The molecule has 0 bridgehead atoms. The molecule has 0 aliphatic carbocycles. The molecule has 296 valence electrons. The van der Waals surface area contributed by atoms with E-state index in [0.29, 0.717) is 19.8 Å². The van der Waals surface area contributed by atoms with Gasteiger partial charge in [-0.15, -0.1) is 52.6 Å². The Bertz CT molecular complexity index is 1000. The zero-order valence-electron chi connectivity index (χ0n) is 34.3. The predicted octanol–water partition coefficient (Wildman–Crippen LogP) is 11.0. The molecule has 1 heterocycles. The lowest BCUT2D eigenvalue weighted by atomic mass is 10.4. The third-order valence-corrected chi connectivity index (χ3v) is 39.8. The summed E-state index contributed by atoms with van der Waals surface area (Å²) in [7, 11) is -19.3. The van der Waals surface area contributed by atoms with Crippen molar-refractivity contribution in [3.63, 3.8) is 0 Å². The van der Waals surface area contributed by atoms with E-state index < -0.39 is 67.3 Å². The van der Waals surface area contributed by atoms with E-state index in [-0.39, 0.29) is 0 Å². The van der Waals surface area contributed by atoms with Gasteiger partial charge in [0.25, 0.3) is 0 Å². The maximum atomic E-state index is 7.43. The van der Waals surface area contributed by atoms with Gasteiger partial charge in [0.2, 0.25) is 25.0 Å². The monoisotopic (exact) mass is 854 g/mol. The zero-order chi connectivity index (χ0) is 39.8. The van der Waals surface area contributed by atoms with Gasteiger partial charge in [-0.3, -0.25) is 0 Å². The summed E-state index contributed by atoms with van der Waals surface area (Å²) in [5.74, 6) is 0. The first-order chi connectivity index (χ1) is 24.1. The Morgan fingerprint density at radius 1 is 0.404 bits per heavy atom. The Kier molecular flexibility index (Phi) is 20.5. The maximum absolute atomic E-state index is 7.43. The molecule has 52 heavy (non-hydrogen) atoms. The molecule has 1 aliphatic rings. The van der Waals surface area contributed by atoms with Crippen LogP contribution < -0.4 is 0 Å². The van der Waals surface area contributed by atoms with Crippen LogP contribution in [0.2, 0.25) is 82.6 Å². The van der Waals surface area contributed by atoms with Crippen molar-refractivity contribution in [1.82, 2.24) is 0 Å².